The number of benzene rings is 1. The molecular formula is C13H16BrN3O. The van der Waals surface area contributed by atoms with Crippen LogP contribution in [0.1, 0.15) is 16.8 Å². The molecule has 1 aromatic heterocycles. The molecule has 0 radical (unpaired) electrons. The fourth-order valence-corrected chi connectivity index (χ4v) is 2.50. The number of halogens is 1. The number of ether oxygens (including phenoxy) is 1. The van der Waals surface area contributed by atoms with Gasteiger partial charge in [-0.15, -0.1) is 0 Å². The number of methoxy groups -OCH3 is 1. The molecule has 0 bridgehead atoms. The fraction of sp³-hybridized carbons (Fsp3) is 0.308. The van der Waals surface area contributed by atoms with E-state index < -0.39 is 0 Å². The summed E-state index contributed by atoms with van der Waals surface area (Å²) < 4.78 is 6.24. The lowest BCUT2D eigenvalue weighted by molar-refractivity contribution is 0.411. The van der Waals surface area contributed by atoms with Crippen LogP contribution in [0.3, 0.4) is 0 Å². The van der Waals surface area contributed by atoms with Gasteiger partial charge in [-0.05, 0) is 53.0 Å². The van der Waals surface area contributed by atoms with E-state index in [1.54, 1.807) is 7.11 Å². The Morgan fingerprint density at radius 2 is 2.06 bits per heavy atom. The van der Waals surface area contributed by atoms with E-state index in [1.807, 2.05) is 19.1 Å². The molecule has 0 unspecified atom stereocenters. The predicted octanol–water partition coefficient (Wildman–Crippen LogP) is 2.92. The molecule has 0 fully saturated rings. The molecule has 0 atom stereocenters. The van der Waals surface area contributed by atoms with E-state index in [4.69, 9.17) is 10.5 Å². The third kappa shape index (κ3) is 2.04. The Labute approximate surface area is 115 Å². The number of nitrogens with zero attached hydrogens (tertiary/aromatic N) is 1. The van der Waals surface area contributed by atoms with Gasteiger partial charge in [-0.3, -0.25) is 5.10 Å². The van der Waals surface area contributed by atoms with Crippen LogP contribution >= 0.6 is 15.9 Å². The van der Waals surface area contributed by atoms with Crippen LogP contribution in [0.2, 0.25) is 0 Å². The molecule has 0 aliphatic carbocycles. The van der Waals surface area contributed by atoms with E-state index in [0.29, 0.717) is 6.54 Å². The van der Waals surface area contributed by atoms with Crippen LogP contribution in [-0.2, 0) is 6.54 Å². The van der Waals surface area contributed by atoms with Crippen molar-refractivity contribution < 1.29 is 4.74 Å². The number of hydrogen-bond acceptors (Lipinski definition) is 3. The van der Waals surface area contributed by atoms with Crippen LogP contribution in [-0.4, -0.2) is 17.3 Å². The van der Waals surface area contributed by atoms with E-state index in [9.17, 15) is 0 Å². The average molecular weight is 310 g/mol. The van der Waals surface area contributed by atoms with E-state index in [-0.39, 0.29) is 0 Å². The first-order valence-corrected chi connectivity index (χ1v) is 6.46. The second-order valence-electron chi connectivity index (χ2n) is 4.13. The molecule has 0 aliphatic heterocycles. The summed E-state index contributed by atoms with van der Waals surface area (Å²) in [5, 5.41) is 7.27. The number of aromatic nitrogens is 2. The first-order chi connectivity index (χ1) is 8.60. The molecule has 0 amide bonds. The van der Waals surface area contributed by atoms with Crippen molar-refractivity contribution in [2.24, 2.45) is 5.73 Å². The highest BCUT2D eigenvalue weighted by molar-refractivity contribution is 9.10. The van der Waals surface area contributed by atoms with Gasteiger partial charge in [0, 0.05) is 12.1 Å². The smallest absolute Gasteiger partial charge is 0.122 e. The van der Waals surface area contributed by atoms with Gasteiger partial charge in [0.25, 0.3) is 0 Å². The number of nitrogens with one attached hydrogen (secondary N) is 1. The van der Waals surface area contributed by atoms with Crippen molar-refractivity contribution in [3.63, 3.8) is 0 Å². The number of hydrogen-bond donors (Lipinski definition) is 2. The van der Waals surface area contributed by atoms with Gasteiger partial charge in [-0.2, -0.15) is 5.10 Å². The second kappa shape index (κ2) is 5.12. The fourth-order valence-electron chi connectivity index (χ4n) is 1.95. The van der Waals surface area contributed by atoms with Crippen molar-refractivity contribution >= 4 is 15.9 Å². The first kappa shape index (κ1) is 13.1. The number of aromatic amines is 1. The lowest BCUT2D eigenvalue weighted by Crippen LogP contribution is -1.97. The normalized spacial score (nSPS) is 10.7. The highest BCUT2D eigenvalue weighted by atomic mass is 79.9. The molecule has 96 valence electrons. The lowest BCUT2D eigenvalue weighted by Gasteiger charge is -2.11. The third-order valence-corrected chi connectivity index (χ3v) is 4.05. The van der Waals surface area contributed by atoms with E-state index >= 15 is 0 Å². The average Bonchev–Trinajstić information content (AvgIpc) is 2.74. The van der Waals surface area contributed by atoms with Crippen LogP contribution in [0, 0.1) is 13.8 Å². The van der Waals surface area contributed by atoms with Crippen LogP contribution in [0.5, 0.6) is 5.75 Å². The zero-order valence-corrected chi connectivity index (χ0v) is 12.3. The Kier molecular flexibility index (Phi) is 3.73. The Hall–Kier alpha value is -1.33. The minimum atomic E-state index is 0.432. The molecule has 1 aromatic carbocycles. The summed E-state index contributed by atoms with van der Waals surface area (Å²) in [6.07, 6.45) is 0. The molecule has 0 saturated heterocycles. The number of rotatable bonds is 3. The summed E-state index contributed by atoms with van der Waals surface area (Å²) in [6.45, 7) is 4.54. The summed E-state index contributed by atoms with van der Waals surface area (Å²) in [4.78, 5) is 0. The highest BCUT2D eigenvalue weighted by Crippen LogP contribution is 2.34. The van der Waals surface area contributed by atoms with Gasteiger partial charge in [-0.25, -0.2) is 0 Å². The highest BCUT2D eigenvalue weighted by Gasteiger charge is 2.15. The molecule has 0 aliphatic rings. The van der Waals surface area contributed by atoms with Gasteiger partial charge in [-0.1, -0.05) is 0 Å². The van der Waals surface area contributed by atoms with E-state index in [0.717, 1.165) is 38.3 Å². The molecule has 5 heteroatoms. The molecule has 3 N–H and O–H groups in total. The van der Waals surface area contributed by atoms with Gasteiger partial charge in [0.1, 0.15) is 11.4 Å². The maximum Gasteiger partial charge on any atom is 0.122 e. The molecule has 4 nitrogen and oxygen atoms in total. The third-order valence-electron chi connectivity index (χ3n) is 3.19. The number of nitrogens with two attached hydrogens (primary N) is 1. The summed E-state index contributed by atoms with van der Waals surface area (Å²) in [5.41, 5.74) is 10.8. The van der Waals surface area contributed by atoms with Crippen molar-refractivity contribution in [2.75, 3.05) is 7.11 Å². The molecule has 2 rings (SSSR count). The molecule has 2 aromatic rings. The number of H-pyrrole nitrogens is 1. The first-order valence-electron chi connectivity index (χ1n) is 5.67. The van der Waals surface area contributed by atoms with Crippen molar-refractivity contribution in [1.82, 2.24) is 10.2 Å². The van der Waals surface area contributed by atoms with Crippen LogP contribution in [0.15, 0.2) is 16.6 Å². The SMILES string of the molecule is COc1ccc(-c2n[nH]c(CN)c2Br)c(C)c1C. The van der Waals surface area contributed by atoms with Crippen molar-refractivity contribution in [3.8, 4) is 17.0 Å². The molecule has 0 saturated carbocycles. The molecule has 0 spiro atoms. The zero-order chi connectivity index (χ0) is 13.3. The lowest BCUT2D eigenvalue weighted by atomic mass is 10.00. The minimum absolute atomic E-state index is 0.432. The predicted molar refractivity (Wildman–Crippen MR) is 75.6 cm³/mol. The Balaban J connectivity index is 2.58. The summed E-state index contributed by atoms with van der Waals surface area (Å²) in [7, 11) is 1.68. The van der Waals surface area contributed by atoms with Crippen LogP contribution in [0.4, 0.5) is 0 Å². The Bertz CT molecular complexity index is 578. The van der Waals surface area contributed by atoms with Gasteiger partial charge in [0.05, 0.1) is 17.3 Å². The largest absolute Gasteiger partial charge is 0.496 e. The Morgan fingerprint density at radius 1 is 1.33 bits per heavy atom. The monoisotopic (exact) mass is 309 g/mol. The van der Waals surface area contributed by atoms with Crippen molar-refractivity contribution in [2.45, 2.75) is 20.4 Å². The summed E-state index contributed by atoms with van der Waals surface area (Å²) in [6, 6.07) is 3.98. The van der Waals surface area contributed by atoms with Gasteiger partial charge in [0.2, 0.25) is 0 Å². The maximum absolute atomic E-state index is 5.63. The molecular weight excluding hydrogens is 294 g/mol. The zero-order valence-electron chi connectivity index (χ0n) is 10.7. The second-order valence-corrected chi connectivity index (χ2v) is 4.93. The van der Waals surface area contributed by atoms with Gasteiger partial charge in [0.15, 0.2) is 0 Å². The van der Waals surface area contributed by atoms with Gasteiger partial charge >= 0.3 is 0 Å². The van der Waals surface area contributed by atoms with Gasteiger partial charge < -0.3 is 10.5 Å². The topological polar surface area (TPSA) is 63.9 Å². The van der Waals surface area contributed by atoms with Crippen LogP contribution < -0.4 is 10.5 Å². The quantitative estimate of drug-likeness (QED) is 0.916. The van der Waals surface area contributed by atoms with Crippen LogP contribution in [0.25, 0.3) is 11.3 Å². The van der Waals surface area contributed by atoms with Crippen molar-refractivity contribution in [3.05, 3.63) is 33.4 Å². The van der Waals surface area contributed by atoms with E-state index in [1.165, 1.54) is 0 Å². The molecule has 1 heterocycles. The molecule has 18 heavy (non-hydrogen) atoms. The summed E-state index contributed by atoms with van der Waals surface area (Å²) in [5.74, 6) is 0.891. The minimum Gasteiger partial charge on any atom is -0.496 e. The Morgan fingerprint density at radius 3 is 2.61 bits per heavy atom. The maximum atomic E-state index is 5.63. The van der Waals surface area contributed by atoms with Crippen molar-refractivity contribution in [1.29, 1.82) is 0 Å². The summed E-state index contributed by atoms with van der Waals surface area (Å²) >= 11 is 3.54. The van der Waals surface area contributed by atoms with E-state index in [2.05, 4.69) is 33.1 Å². The standard InChI is InChI=1S/C13H16BrN3O/c1-7-8(2)11(18-3)5-4-9(7)13-12(14)10(6-15)16-17-13/h4-5H,6,15H2,1-3H3,(H,16,17).